The lowest BCUT2D eigenvalue weighted by atomic mass is 9.92. The standard InChI is InChI=1S/C17H23N3O3/c21-15-6-2-1-5-13(15)18-16(22)7-3-4-11-8-9-12-14(10-11)20-17(23)19-12/h8-10,13,15,21H,1-7H2,(H,18,22)(H2,19,20,23). The van der Waals surface area contributed by atoms with E-state index < -0.39 is 6.10 Å². The van der Waals surface area contributed by atoms with Crippen LogP contribution < -0.4 is 11.0 Å². The second-order valence-corrected chi connectivity index (χ2v) is 6.34. The highest BCUT2D eigenvalue weighted by atomic mass is 16.3. The van der Waals surface area contributed by atoms with E-state index in [0.717, 1.165) is 55.1 Å². The number of hydrogen-bond donors (Lipinski definition) is 4. The van der Waals surface area contributed by atoms with E-state index in [4.69, 9.17) is 0 Å². The van der Waals surface area contributed by atoms with Crippen LogP contribution in [0.3, 0.4) is 0 Å². The lowest BCUT2D eigenvalue weighted by Crippen LogP contribution is -2.45. The lowest BCUT2D eigenvalue weighted by Gasteiger charge is -2.28. The van der Waals surface area contributed by atoms with Crippen LogP contribution in [-0.4, -0.2) is 33.1 Å². The number of hydrogen-bond acceptors (Lipinski definition) is 3. The van der Waals surface area contributed by atoms with Crippen molar-refractivity contribution in [2.24, 2.45) is 0 Å². The number of carbonyl (C=O) groups excluding carboxylic acids is 1. The van der Waals surface area contributed by atoms with Gasteiger partial charge in [-0.15, -0.1) is 0 Å². The summed E-state index contributed by atoms with van der Waals surface area (Å²) in [7, 11) is 0. The number of rotatable bonds is 5. The van der Waals surface area contributed by atoms with Gasteiger partial charge in [0.25, 0.3) is 0 Å². The van der Waals surface area contributed by atoms with Crippen LogP contribution in [0.2, 0.25) is 0 Å². The summed E-state index contributed by atoms with van der Waals surface area (Å²) < 4.78 is 0. The molecule has 1 saturated carbocycles. The molecule has 0 spiro atoms. The third kappa shape index (κ3) is 4.01. The van der Waals surface area contributed by atoms with Crippen molar-refractivity contribution in [2.45, 2.75) is 57.1 Å². The smallest absolute Gasteiger partial charge is 0.323 e. The molecule has 1 fully saturated rings. The maximum absolute atomic E-state index is 12.0. The Morgan fingerprint density at radius 3 is 2.83 bits per heavy atom. The van der Waals surface area contributed by atoms with E-state index in [2.05, 4.69) is 15.3 Å². The number of aliphatic hydroxyl groups excluding tert-OH is 1. The number of aromatic nitrogens is 2. The molecule has 2 aromatic rings. The molecule has 124 valence electrons. The lowest BCUT2D eigenvalue weighted by molar-refractivity contribution is -0.123. The Morgan fingerprint density at radius 1 is 1.22 bits per heavy atom. The largest absolute Gasteiger partial charge is 0.391 e. The second-order valence-electron chi connectivity index (χ2n) is 6.34. The van der Waals surface area contributed by atoms with Gasteiger partial charge in [0.1, 0.15) is 0 Å². The summed E-state index contributed by atoms with van der Waals surface area (Å²) in [6.07, 6.45) is 5.32. The second kappa shape index (κ2) is 7.00. The first kappa shape index (κ1) is 15.8. The number of amides is 1. The normalized spacial score (nSPS) is 21.4. The number of aryl methyl sites for hydroxylation is 1. The number of imidazole rings is 1. The highest BCUT2D eigenvalue weighted by molar-refractivity contribution is 5.76. The van der Waals surface area contributed by atoms with E-state index in [1.54, 1.807) is 0 Å². The molecule has 1 amide bonds. The molecule has 1 aliphatic carbocycles. The fraction of sp³-hybridized carbons (Fsp3) is 0.529. The molecule has 2 atom stereocenters. The molecular weight excluding hydrogens is 294 g/mol. The average Bonchev–Trinajstić information content (AvgIpc) is 2.89. The predicted octanol–water partition coefficient (Wildman–Crippen LogP) is 1.60. The Hall–Kier alpha value is -2.08. The first-order valence-electron chi connectivity index (χ1n) is 8.30. The fourth-order valence-electron chi connectivity index (χ4n) is 3.25. The molecule has 1 aromatic heterocycles. The Bertz CT molecular complexity index is 734. The summed E-state index contributed by atoms with van der Waals surface area (Å²) in [5, 5.41) is 12.8. The number of carbonyl (C=O) groups is 1. The molecule has 4 N–H and O–H groups in total. The minimum absolute atomic E-state index is 0.00656. The monoisotopic (exact) mass is 317 g/mol. The molecule has 6 heteroatoms. The molecule has 1 heterocycles. The third-order valence-electron chi connectivity index (χ3n) is 4.53. The van der Waals surface area contributed by atoms with Crippen molar-refractivity contribution in [1.29, 1.82) is 0 Å². The number of nitrogens with one attached hydrogen (secondary N) is 3. The quantitative estimate of drug-likeness (QED) is 0.674. The summed E-state index contributed by atoms with van der Waals surface area (Å²) in [4.78, 5) is 28.7. The Kier molecular flexibility index (Phi) is 4.81. The highest BCUT2D eigenvalue weighted by Gasteiger charge is 2.24. The summed E-state index contributed by atoms with van der Waals surface area (Å²) >= 11 is 0. The molecule has 23 heavy (non-hydrogen) atoms. The van der Waals surface area contributed by atoms with Crippen LogP contribution in [0, 0.1) is 0 Å². The zero-order chi connectivity index (χ0) is 16.2. The first-order chi connectivity index (χ1) is 11.1. The van der Waals surface area contributed by atoms with Gasteiger partial charge in [0, 0.05) is 6.42 Å². The van der Waals surface area contributed by atoms with Crippen LogP contribution >= 0.6 is 0 Å². The SMILES string of the molecule is O=C(CCCc1ccc2[nH]c(=O)[nH]c2c1)NC1CCCCC1O. The van der Waals surface area contributed by atoms with Crippen molar-refractivity contribution in [2.75, 3.05) is 0 Å². The van der Waals surface area contributed by atoms with Crippen LogP contribution in [0.4, 0.5) is 0 Å². The molecule has 1 aromatic carbocycles. The molecule has 3 rings (SSSR count). The zero-order valence-electron chi connectivity index (χ0n) is 13.1. The van der Waals surface area contributed by atoms with Crippen molar-refractivity contribution in [1.82, 2.24) is 15.3 Å². The topological polar surface area (TPSA) is 98.0 Å². The molecule has 1 aliphatic rings. The van der Waals surface area contributed by atoms with E-state index in [0.29, 0.717) is 6.42 Å². The molecule has 0 radical (unpaired) electrons. The van der Waals surface area contributed by atoms with Crippen LogP contribution in [0.1, 0.15) is 44.1 Å². The van der Waals surface area contributed by atoms with Crippen molar-refractivity contribution in [3.63, 3.8) is 0 Å². The van der Waals surface area contributed by atoms with Gasteiger partial charge in [-0.1, -0.05) is 18.9 Å². The predicted molar refractivity (Wildman–Crippen MR) is 88.3 cm³/mol. The van der Waals surface area contributed by atoms with Gasteiger partial charge in [0.2, 0.25) is 5.91 Å². The van der Waals surface area contributed by atoms with Gasteiger partial charge in [-0.2, -0.15) is 0 Å². The maximum Gasteiger partial charge on any atom is 0.323 e. The molecule has 0 aliphatic heterocycles. The number of H-pyrrole nitrogens is 2. The average molecular weight is 317 g/mol. The van der Waals surface area contributed by atoms with E-state index >= 15 is 0 Å². The molecule has 0 bridgehead atoms. The van der Waals surface area contributed by atoms with Gasteiger partial charge in [0.05, 0.1) is 23.2 Å². The Labute approximate surface area is 134 Å². The molecular formula is C17H23N3O3. The van der Waals surface area contributed by atoms with E-state index in [1.165, 1.54) is 0 Å². The van der Waals surface area contributed by atoms with Gasteiger partial charge >= 0.3 is 5.69 Å². The minimum atomic E-state index is -0.402. The van der Waals surface area contributed by atoms with Crippen LogP contribution in [-0.2, 0) is 11.2 Å². The van der Waals surface area contributed by atoms with Crippen LogP contribution in [0.25, 0.3) is 11.0 Å². The Morgan fingerprint density at radius 2 is 2.00 bits per heavy atom. The summed E-state index contributed by atoms with van der Waals surface area (Å²) in [5.74, 6) is 0.00656. The van der Waals surface area contributed by atoms with Gasteiger partial charge < -0.3 is 20.4 Å². The summed E-state index contributed by atoms with van der Waals surface area (Å²) in [6, 6.07) is 5.70. The number of benzene rings is 1. The first-order valence-corrected chi connectivity index (χ1v) is 8.30. The van der Waals surface area contributed by atoms with E-state index in [1.807, 2.05) is 18.2 Å². The van der Waals surface area contributed by atoms with Gasteiger partial charge in [-0.25, -0.2) is 4.79 Å². The number of aliphatic hydroxyl groups is 1. The van der Waals surface area contributed by atoms with Gasteiger partial charge in [0.15, 0.2) is 0 Å². The minimum Gasteiger partial charge on any atom is -0.391 e. The fourth-order valence-corrected chi connectivity index (χ4v) is 3.25. The molecule has 2 unspecified atom stereocenters. The highest BCUT2D eigenvalue weighted by Crippen LogP contribution is 2.18. The van der Waals surface area contributed by atoms with Crippen molar-refractivity contribution in [3.05, 3.63) is 34.2 Å². The van der Waals surface area contributed by atoms with Crippen molar-refractivity contribution >= 4 is 16.9 Å². The van der Waals surface area contributed by atoms with Crippen LogP contribution in [0.15, 0.2) is 23.0 Å². The van der Waals surface area contributed by atoms with E-state index in [-0.39, 0.29) is 17.6 Å². The van der Waals surface area contributed by atoms with Crippen molar-refractivity contribution < 1.29 is 9.90 Å². The number of aromatic amines is 2. The van der Waals surface area contributed by atoms with Gasteiger partial charge in [-0.05, 0) is 43.4 Å². The molecule has 6 nitrogen and oxygen atoms in total. The maximum atomic E-state index is 12.0. The molecule has 0 saturated heterocycles. The third-order valence-corrected chi connectivity index (χ3v) is 4.53. The summed E-state index contributed by atoms with van der Waals surface area (Å²) in [5.41, 5.74) is 2.48. The van der Waals surface area contributed by atoms with E-state index in [9.17, 15) is 14.7 Å². The zero-order valence-corrected chi connectivity index (χ0v) is 13.1. The number of fused-ring (bicyclic) bond motifs is 1. The van der Waals surface area contributed by atoms with Gasteiger partial charge in [-0.3, -0.25) is 4.79 Å². The van der Waals surface area contributed by atoms with Crippen molar-refractivity contribution in [3.8, 4) is 0 Å². The Balaban J connectivity index is 1.47. The summed E-state index contributed by atoms with van der Waals surface area (Å²) in [6.45, 7) is 0. The van der Waals surface area contributed by atoms with Crippen LogP contribution in [0.5, 0.6) is 0 Å².